The van der Waals surface area contributed by atoms with Crippen molar-refractivity contribution in [3.05, 3.63) is 23.4 Å². The van der Waals surface area contributed by atoms with Gasteiger partial charge in [-0.1, -0.05) is 11.2 Å². The van der Waals surface area contributed by atoms with Gasteiger partial charge in [0.15, 0.2) is 0 Å². The molecule has 0 saturated carbocycles. The second-order valence-electron chi connectivity index (χ2n) is 3.78. The molecule has 3 rings (SSSR count). The molecule has 0 aliphatic carbocycles. The zero-order valence-corrected chi connectivity index (χ0v) is 9.28. The summed E-state index contributed by atoms with van der Waals surface area (Å²) < 4.78 is 5.19. The van der Waals surface area contributed by atoms with Crippen LogP contribution in [0.1, 0.15) is 18.4 Å². The van der Waals surface area contributed by atoms with E-state index < -0.39 is 0 Å². The fourth-order valence-corrected chi connectivity index (χ4v) is 2.44. The molecule has 0 aromatic carbocycles. The summed E-state index contributed by atoms with van der Waals surface area (Å²) in [5.41, 5.74) is 0. The second-order valence-corrected chi connectivity index (χ2v) is 4.73. The summed E-state index contributed by atoms with van der Waals surface area (Å²) in [6.45, 7) is 0.585. The molecule has 1 fully saturated rings. The van der Waals surface area contributed by atoms with Crippen LogP contribution in [-0.4, -0.2) is 27.9 Å². The molecule has 6 heteroatoms. The van der Waals surface area contributed by atoms with Crippen molar-refractivity contribution in [2.24, 2.45) is 0 Å². The van der Waals surface area contributed by atoms with Gasteiger partial charge in [0.2, 0.25) is 11.7 Å². The van der Waals surface area contributed by atoms with Crippen LogP contribution in [0.4, 0.5) is 0 Å². The van der Waals surface area contributed by atoms with Crippen LogP contribution in [0.5, 0.6) is 0 Å². The lowest BCUT2D eigenvalue weighted by Crippen LogP contribution is -2.15. The van der Waals surface area contributed by atoms with Crippen LogP contribution in [0, 0.1) is 0 Å². The summed E-state index contributed by atoms with van der Waals surface area (Å²) in [7, 11) is 0. The third-order valence-electron chi connectivity index (χ3n) is 2.59. The topological polar surface area (TPSA) is 71.2 Å². The molecule has 1 aliphatic rings. The Balaban J connectivity index is 1.83. The van der Waals surface area contributed by atoms with E-state index in [1.165, 1.54) is 0 Å². The number of nitrogens with zero attached hydrogens (tertiary/aromatic N) is 2. The van der Waals surface area contributed by atoms with E-state index in [2.05, 4.69) is 15.5 Å². The molecule has 16 heavy (non-hydrogen) atoms. The number of hydrogen-bond donors (Lipinski definition) is 2. The molecule has 2 aromatic rings. The van der Waals surface area contributed by atoms with E-state index >= 15 is 0 Å². The van der Waals surface area contributed by atoms with Gasteiger partial charge in [-0.25, -0.2) is 0 Å². The number of thiophene rings is 1. The van der Waals surface area contributed by atoms with Crippen LogP contribution in [-0.2, 0) is 0 Å². The largest absolute Gasteiger partial charge is 0.392 e. The number of rotatable bonds is 2. The predicted octanol–water partition coefficient (Wildman–Crippen LogP) is 1.19. The molecule has 0 bridgehead atoms. The minimum atomic E-state index is -0.318. The van der Waals surface area contributed by atoms with Gasteiger partial charge in [-0.05, 0) is 17.9 Å². The van der Waals surface area contributed by atoms with Crippen molar-refractivity contribution in [1.29, 1.82) is 0 Å². The second kappa shape index (κ2) is 3.97. The molecule has 2 unspecified atom stereocenters. The Morgan fingerprint density at radius 1 is 1.56 bits per heavy atom. The monoisotopic (exact) mass is 237 g/mol. The van der Waals surface area contributed by atoms with Gasteiger partial charge in [0.1, 0.15) is 0 Å². The lowest BCUT2D eigenvalue weighted by Gasteiger charge is -2.01. The van der Waals surface area contributed by atoms with E-state index in [0.29, 0.717) is 24.7 Å². The van der Waals surface area contributed by atoms with Crippen LogP contribution in [0.15, 0.2) is 22.0 Å². The average molecular weight is 237 g/mol. The number of β-amino-alcohol motifs (C(OH)–C–C–N with tert-alkyl or cyclic N) is 1. The molecule has 0 amide bonds. The third kappa shape index (κ3) is 1.75. The van der Waals surface area contributed by atoms with E-state index in [4.69, 9.17) is 4.52 Å². The average Bonchev–Trinajstić information content (AvgIpc) is 2.97. The molecule has 5 nitrogen and oxygen atoms in total. The van der Waals surface area contributed by atoms with E-state index in [1.807, 2.05) is 17.5 Å². The molecule has 1 aliphatic heterocycles. The molecule has 84 valence electrons. The highest BCUT2D eigenvalue weighted by molar-refractivity contribution is 7.13. The highest BCUT2D eigenvalue weighted by Crippen LogP contribution is 2.26. The molecule has 2 aromatic heterocycles. The first-order valence-corrected chi connectivity index (χ1v) is 6.00. The van der Waals surface area contributed by atoms with Gasteiger partial charge in [-0.3, -0.25) is 0 Å². The fraction of sp³-hybridized carbons (Fsp3) is 0.400. The van der Waals surface area contributed by atoms with Crippen LogP contribution in [0.3, 0.4) is 0 Å². The van der Waals surface area contributed by atoms with Crippen LogP contribution >= 0.6 is 11.3 Å². The maximum absolute atomic E-state index is 9.40. The van der Waals surface area contributed by atoms with Gasteiger partial charge in [-0.2, -0.15) is 4.98 Å². The summed E-state index contributed by atoms with van der Waals surface area (Å²) in [6, 6.07) is 3.89. The number of hydrogen-bond acceptors (Lipinski definition) is 6. The molecule has 1 saturated heterocycles. The summed E-state index contributed by atoms with van der Waals surface area (Å²) in [5.74, 6) is 1.17. The van der Waals surface area contributed by atoms with E-state index in [9.17, 15) is 5.11 Å². The van der Waals surface area contributed by atoms with Crippen molar-refractivity contribution in [3.63, 3.8) is 0 Å². The van der Waals surface area contributed by atoms with Gasteiger partial charge in [0.25, 0.3) is 0 Å². The highest BCUT2D eigenvalue weighted by Gasteiger charge is 2.28. The van der Waals surface area contributed by atoms with Crippen LogP contribution in [0.2, 0.25) is 0 Å². The van der Waals surface area contributed by atoms with Crippen molar-refractivity contribution in [2.75, 3.05) is 6.54 Å². The zero-order valence-electron chi connectivity index (χ0n) is 8.46. The lowest BCUT2D eigenvalue weighted by atomic mass is 10.2. The first-order valence-electron chi connectivity index (χ1n) is 5.12. The predicted molar refractivity (Wildman–Crippen MR) is 59.0 cm³/mol. The maximum Gasteiger partial charge on any atom is 0.244 e. The smallest absolute Gasteiger partial charge is 0.244 e. The number of aromatic nitrogens is 2. The van der Waals surface area contributed by atoms with E-state index in [1.54, 1.807) is 11.3 Å². The molecule has 0 spiro atoms. The summed E-state index contributed by atoms with van der Waals surface area (Å²) in [6.07, 6.45) is 0.314. The Bertz CT molecular complexity index is 468. The van der Waals surface area contributed by atoms with Crippen molar-refractivity contribution in [1.82, 2.24) is 15.5 Å². The van der Waals surface area contributed by atoms with Gasteiger partial charge in [0.05, 0.1) is 17.0 Å². The van der Waals surface area contributed by atoms with Crippen LogP contribution in [0.25, 0.3) is 10.7 Å². The number of aliphatic hydroxyl groups excluding tert-OH is 1. The Hall–Kier alpha value is -1.24. The SMILES string of the molecule is OC1CNC(c2nc(-c3cccs3)no2)C1. The summed E-state index contributed by atoms with van der Waals surface area (Å²) in [4.78, 5) is 5.32. The molecular formula is C10H11N3O2S. The van der Waals surface area contributed by atoms with Gasteiger partial charge in [-0.15, -0.1) is 11.3 Å². The maximum atomic E-state index is 9.40. The highest BCUT2D eigenvalue weighted by atomic mass is 32.1. The Morgan fingerprint density at radius 3 is 3.19 bits per heavy atom. The first-order chi connectivity index (χ1) is 7.83. The molecule has 2 atom stereocenters. The molecule has 0 radical (unpaired) electrons. The molecule has 3 heterocycles. The van der Waals surface area contributed by atoms with E-state index in [0.717, 1.165) is 4.88 Å². The molecular weight excluding hydrogens is 226 g/mol. The Kier molecular flexibility index (Phi) is 2.47. The standard InChI is InChI=1S/C10H11N3O2S/c14-6-4-7(11-5-6)10-12-9(13-15-10)8-2-1-3-16-8/h1-3,6-7,11,14H,4-5H2. The van der Waals surface area contributed by atoms with Gasteiger partial charge in [0, 0.05) is 6.54 Å². The minimum absolute atomic E-state index is 0.0174. The Morgan fingerprint density at radius 2 is 2.50 bits per heavy atom. The molecule has 2 N–H and O–H groups in total. The van der Waals surface area contributed by atoms with E-state index in [-0.39, 0.29) is 12.1 Å². The van der Waals surface area contributed by atoms with Crippen molar-refractivity contribution >= 4 is 11.3 Å². The third-order valence-corrected chi connectivity index (χ3v) is 3.45. The number of nitrogens with one attached hydrogen (secondary N) is 1. The van der Waals surface area contributed by atoms with Crippen molar-refractivity contribution < 1.29 is 9.63 Å². The normalized spacial score (nSPS) is 25.1. The van der Waals surface area contributed by atoms with Crippen molar-refractivity contribution in [3.8, 4) is 10.7 Å². The summed E-state index contributed by atoms with van der Waals surface area (Å²) >= 11 is 1.58. The Labute approximate surface area is 96.1 Å². The van der Waals surface area contributed by atoms with Gasteiger partial charge < -0.3 is 14.9 Å². The van der Waals surface area contributed by atoms with Gasteiger partial charge >= 0.3 is 0 Å². The minimum Gasteiger partial charge on any atom is -0.392 e. The zero-order chi connectivity index (χ0) is 11.0. The first kappa shape index (κ1) is 9.95. The fourth-order valence-electron chi connectivity index (χ4n) is 1.79. The quantitative estimate of drug-likeness (QED) is 0.821. The number of aliphatic hydroxyl groups is 1. The lowest BCUT2D eigenvalue weighted by molar-refractivity contribution is 0.191. The summed E-state index contributed by atoms with van der Waals surface area (Å²) in [5, 5.41) is 18.4. The van der Waals surface area contributed by atoms with Crippen molar-refractivity contribution in [2.45, 2.75) is 18.6 Å². The van der Waals surface area contributed by atoms with Crippen LogP contribution < -0.4 is 5.32 Å².